The lowest BCUT2D eigenvalue weighted by Crippen LogP contribution is -2.43. The number of benzene rings is 1. The number of hydrogen-bond acceptors (Lipinski definition) is 3. The van der Waals surface area contributed by atoms with Crippen LogP contribution in [-0.4, -0.2) is 35.6 Å². The monoisotopic (exact) mass is 335 g/mol. The number of pyridine rings is 1. The van der Waals surface area contributed by atoms with Crippen LogP contribution < -0.4 is 5.32 Å². The van der Waals surface area contributed by atoms with E-state index in [0.29, 0.717) is 6.04 Å². The molecule has 1 atom stereocenters. The maximum Gasteiger partial charge on any atom is 0.0573 e. The second kappa shape index (κ2) is 7.67. The molecule has 1 fully saturated rings. The third kappa shape index (κ3) is 3.94. The largest absolute Gasteiger partial charge is 0.307 e. The minimum atomic E-state index is 0.587. The summed E-state index contributed by atoms with van der Waals surface area (Å²) in [6.45, 7) is 6.79. The standard InChI is InChI=1S/C22H29N3/c1-17-5-2-3-7-21(17)18-10-13-25(14-11-18)16-20-9-8-19-6-4-12-23-22(19)15-24-20/h2-7,12,18,20,24H,8-11,13-16H2,1H3/t20-/m0/s1. The second-order valence-corrected chi connectivity index (χ2v) is 7.66. The Bertz CT molecular complexity index is 677. The zero-order chi connectivity index (χ0) is 17.1. The maximum atomic E-state index is 4.54. The average molecular weight is 335 g/mol. The van der Waals surface area contributed by atoms with E-state index in [1.807, 2.05) is 6.20 Å². The molecule has 0 spiro atoms. The molecule has 1 aromatic heterocycles. The zero-order valence-corrected chi connectivity index (χ0v) is 15.2. The summed E-state index contributed by atoms with van der Waals surface area (Å²) in [5.41, 5.74) is 5.69. The first-order valence-corrected chi connectivity index (χ1v) is 9.73. The van der Waals surface area contributed by atoms with Crippen LogP contribution in [0.5, 0.6) is 0 Å². The molecule has 2 aromatic rings. The molecule has 0 saturated carbocycles. The van der Waals surface area contributed by atoms with Crippen molar-refractivity contribution in [2.45, 2.75) is 51.1 Å². The topological polar surface area (TPSA) is 28.2 Å². The van der Waals surface area contributed by atoms with Gasteiger partial charge in [0.1, 0.15) is 0 Å². The van der Waals surface area contributed by atoms with Crippen LogP contribution in [0.1, 0.15) is 47.6 Å². The van der Waals surface area contributed by atoms with E-state index in [0.717, 1.165) is 18.9 Å². The van der Waals surface area contributed by atoms with Gasteiger partial charge in [0.15, 0.2) is 0 Å². The fraction of sp³-hybridized carbons (Fsp3) is 0.500. The molecule has 0 bridgehead atoms. The van der Waals surface area contributed by atoms with Crippen molar-refractivity contribution in [3.63, 3.8) is 0 Å². The van der Waals surface area contributed by atoms with Gasteiger partial charge in [-0.25, -0.2) is 0 Å². The Morgan fingerprint density at radius 3 is 2.76 bits per heavy atom. The molecular formula is C22H29N3. The van der Waals surface area contributed by atoms with Gasteiger partial charge in [0.25, 0.3) is 0 Å². The van der Waals surface area contributed by atoms with E-state index >= 15 is 0 Å². The van der Waals surface area contributed by atoms with Crippen LogP contribution in [-0.2, 0) is 13.0 Å². The molecule has 3 nitrogen and oxygen atoms in total. The number of fused-ring (bicyclic) bond motifs is 1. The molecule has 2 aliphatic rings. The van der Waals surface area contributed by atoms with Crippen LogP contribution in [0.25, 0.3) is 0 Å². The highest BCUT2D eigenvalue weighted by atomic mass is 15.2. The molecule has 3 heterocycles. The summed E-state index contributed by atoms with van der Waals surface area (Å²) >= 11 is 0. The van der Waals surface area contributed by atoms with Crippen molar-refractivity contribution < 1.29 is 0 Å². The Morgan fingerprint density at radius 1 is 1.08 bits per heavy atom. The Kier molecular flexibility index (Phi) is 5.14. The predicted molar refractivity (Wildman–Crippen MR) is 103 cm³/mol. The van der Waals surface area contributed by atoms with Crippen LogP contribution in [0.2, 0.25) is 0 Å². The van der Waals surface area contributed by atoms with E-state index in [9.17, 15) is 0 Å². The van der Waals surface area contributed by atoms with Gasteiger partial charge in [-0.05, 0) is 74.4 Å². The smallest absolute Gasteiger partial charge is 0.0573 e. The number of nitrogens with zero attached hydrogens (tertiary/aromatic N) is 2. The van der Waals surface area contributed by atoms with Gasteiger partial charge in [0.05, 0.1) is 5.69 Å². The summed E-state index contributed by atoms with van der Waals surface area (Å²) in [5, 5.41) is 3.73. The molecule has 0 radical (unpaired) electrons. The van der Waals surface area contributed by atoms with Crippen molar-refractivity contribution in [1.82, 2.24) is 15.2 Å². The number of rotatable bonds is 3. The van der Waals surface area contributed by atoms with Crippen molar-refractivity contribution in [1.29, 1.82) is 0 Å². The van der Waals surface area contributed by atoms with Gasteiger partial charge in [-0.3, -0.25) is 4.98 Å². The number of piperidine rings is 1. The highest BCUT2D eigenvalue weighted by Gasteiger charge is 2.24. The maximum absolute atomic E-state index is 4.54. The lowest BCUT2D eigenvalue weighted by molar-refractivity contribution is 0.188. The minimum absolute atomic E-state index is 0.587. The quantitative estimate of drug-likeness (QED) is 0.927. The highest BCUT2D eigenvalue weighted by Crippen LogP contribution is 2.30. The molecule has 2 aliphatic heterocycles. The first kappa shape index (κ1) is 16.7. The number of nitrogens with one attached hydrogen (secondary N) is 1. The van der Waals surface area contributed by atoms with Crippen molar-refractivity contribution in [2.24, 2.45) is 0 Å². The van der Waals surface area contributed by atoms with Crippen LogP contribution in [0.3, 0.4) is 0 Å². The zero-order valence-electron chi connectivity index (χ0n) is 15.2. The molecular weight excluding hydrogens is 306 g/mol. The molecule has 25 heavy (non-hydrogen) atoms. The summed E-state index contributed by atoms with van der Waals surface area (Å²) in [6, 6.07) is 13.8. The first-order valence-electron chi connectivity index (χ1n) is 9.73. The molecule has 1 saturated heterocycles. The van der Waals surface area contributed by atoms with Gasteiger partial charge < -0.3 is 10.2 Å². The summed E-state index contributed by atoms with van der Waals surface area (Å²) in [6.07, 6.45) is 6.87. The van der Waals surface area contributed by atoms with E-state index in [1.54, 1.807) is 5.56 Å². The first-order chi connectivity index (χ1) is 12.3. The molecule has 0 unspecified atom stereocenters. The van der Waals surface area contributed by atoms with Crippen LogP contribution in [0.4, 0.5) is 0 Å². The van der Waals surface area contributed by atoms with Gasteiger partial charge in [0, 0.05) is 25.3 Å². The normalized spacial score (nSPS) is 22.4. The Balaban J connectivity index is 1.30. The van der Waals surface area contributed by atoms with E-state index in [4.69, 9.17) is 0 Å². The lowest BCUT2D eigenvalue weighted by Gasteiger charge is -2.35. The number of aryl methyl sites for hydroxylation is 2. The molecule has 132 valence electrons. The van der Waals surface area contributed by atoms with Gasteiger partial charge in [0.2, 0.25) is 0 Å². The third-order valence-corrected chi connectivity index (χ3v) is 6.00. The molecule has 3 heteroatoms. The van der Waals surface area contributed by atoms with E-state index in [2.05, 4.69) is 58.5 Å². The lowest BCUT2D eigenvalue weighted by atomic mass is 9.87. The summed E-state index contributed by atoms with van der Waals surface area (Å²) in [5.74, 6) is 0.744. The fourth-order valence-electron chi connectivity index (χ4n) is 4.47. The van der Waals surface area contributed by atoms with Gasteiger partial charge >= 0.3 is 0 Å². The van der Waals surface area contributed by atoms with Crippen molar-refractivity contribution in [2.75, 3.05) is 19.6 Å². The average Bonchev–Trinajstić information content (AvgIpc) is 2.86. The van der Waals surface area contributed by atoms with Crippen molar-refractivity contribution >= 4 is 0 Å². The molecule has 0 aliphatic carbocycles. The second-order valence-electron chi connectivity index (χ2n) is 7.66. The van der Waals surface area contributed by atoms with E-state index in [-0.39, 0.29) is 0 Å². The highest BCUT2D eigenvalue weighted by molar-refractivity contribution is 5.29. The molecule has 1 aromatic carbocycles. The molecule has 4 rings (SSSR count). The summed E-state index contributed by atoms with van der Waals surface area (Å²) in [7, 11) is 0. The van der Waals surface area contributed by atoms with Crippen LogP contribution >= 0.6 is 0 Å². The Hall–Kier alpha value is -1.71. The van der Waals surface area contributed by atoms with Crippen molar-refractivity contribution in [3.05, 3.63) is 65.0 Å². The van der Waals surface area contributed by atoms with Gasteiger partial charge in [-0.15, -0.1) is 0 Å². The van der Waals surface area contributed by atoms with Crippen LogP contribution in [0, 0.1) is 6.92 Å². The van der Waals surface area contributed by atoms with E-state index in [1.165, 1.54) is 55.7 Å². The molecule has 1 N–H and O–H groups in total. The van der Waals surface area contributed by atoms with Gasteiger partial charge in [-0.2, -0.15) is 0 Å². The van der Waals surface area contributed by atoms with Crippen molar-refractivity contribution in [3.8, 4) is 0 Å². The molecule has 0 amide bonds. The van der Waals surface area contributed by atoms with Crippen LogP contribution in [0.15, 0.2) is 42.6 Å². The summed E-state index contributed by atoms with van der Waals surface area (Å²) < 4.78 is 0. The van der Waals surface area contributed by atoms with E-state index < -0.39 is 0 Å². The summed E-state index contributed by atoms with van der Waals surface area (Å²) in [4.78, 5) is 7.20. The third-order valence-electron chi connectivity index (χ3n) is 6.00. The predicted octanol–water partition coefficient (Wildman–Crippen LogP) is 3.67. The minimum Gasteiger partial charge on any atom is -0.307 e. The number of hydrogen-bond donors (Lipinski definition) is 1. The SMILES string of the molecule is Cc1ccccc1C1CCN(C[C@@H]2CCc3cccnc3CN2)CC1. The Labute approximate surface area is 151 Å². The Morgan fingerprint density at radius 2 is 1.92 bits per heavy atom. The fourth-order valence-corrected chi connectivity index (χ4v) is 4.47. The number of likely N-dealkylation sites (tertiary alicyclic amines) is 1. The number of aromatic nitrogens is 1. The van der Waals surface area contributed by atoms with Gasteiger partial charge in [-0.1, -0.05) is 30.3 Å².